The molecule has 122 valence electrons. The largest absolute Gasteiger partial charge is 0.368 e. The Morgan fingerprint density at radius 1 is 1.45 bits per heavy atom. The molecule has 0 bridgehead atoms. The number of carbonyl (C=O) groups is 1. The van der Waals surface area contributed by atoms with Crippen LogP contribution in [0.4, 0.5) is 5.69 Å². The summed E-state index contributed by atoms with van der Waals surface area (Å²) in [5.74, 6) is -1.09. The first-order valence-electron chi connectivity index (χ1n) is 6.67. The second kappa shape index (κ2) is 6.84. The van der Waals surface area contributed by atoms with Crippen LogP contribution in [0.5, 0.6) is 0 Å². The summed E-state index contributed by atoms with van der Waals surface area (Å²) >= 11 is 0. The number of nitrogens with zero attached hydrogens (tertiary/aromatic N) is 1. The summed E-state index contributed by atoms with van der Waals surface area (Å²) < 4.78 is 27.1. The van der Waals surface area contributed by atoms with E-state index in [9.17, 15) is 23.3 Å². The lowest BCUT2D eigenvalue weighted by Crippen LogP contribution is -2.48. The van der Waals surface area contributed by atoms with E-state index in [4.69, 9.17) is 5.73 Å². The highest BCUT2D eigenvalue weighted by molar-refractivity contribution is 7.89. The fourth-order valence-electron chi connectivity index (χ4n) is 2.01. The molecule has 0 fully saturated rings. The molecule has 2 unspecified atom stereocenters. The van der Waals surface area contributed by atoms with Crippen molar-refractivity contribution < 1.29 is 18.1 Å². The first-order chi connectivity index (χ1) is 10.1. The van der Waals surface area contributed by atoms with E-state index in [-0.39, 0.29) is 22.1 Å². The number of rotatable bonds is 7. The third-order valence-corrected chi connectivity index (χ3v) is 5.13. The molecule has 0 radical (unpaired) electrons. The van der Waals surface area contributed by atoms with Gasteiger partial charge in [0, 0.05) is 11.6 Å². The standard InChI is InChI=1S/C13H19N3O5S/c1-4-8(2)12(13(14)17)15-22(20,21)11-7-5-6-10(9(11)3)16(18)19/h5-8,12,15H,4H2,1-3H3,(H2,14,17). The second-order valence-electron chi connectivity index (χ2n) is 5.04. The van der Waals surface area contributed by atoms with Crippen LogP contribution in [-0.4, -0.2) is 25.3 Å². The molecule has 0 saturated heterocycles. The topological polar surface area (TPSA) is 132 Å². The maximum absolute atomic E-state index is 12.4. The minimum absolute atomic E-state index is 0.00683. The summed E-state index contributed by atoms with van der Waals surface area (Å²) in [7, 11) is -4.10. The van der Waals surface area contributed by atoms with Crippen molar-refractivity contribution in [2.24, 2.45) is 11.7 Å². The van der Waals surface area contributed by atoms with Crippen LogP contribution in [0.15, 0.2) is 23.1 Å². The van der Waals surface area contributed by atoms with Crippen LogP contribution in [0, 0.1) is 23.0 Å². The van der Waals surface area contributed by atoms with Gasteiger partial charge in [0.2, 0.25) is 15.9 Å². The van der Waals surface area contributed by atoms with E-state index in [1.54, 1.807) is 13.8 Å². The fraction of sp³-hybridized carbons (Fsp3) is 0.462. The molecule has 0 saturated carbocycles. The average Bonchev–Trinajstić information content (AvgIpc) is 2.43. The summed E-state index contributed by atoms with van der Waals surface area (Å²) in [4.78, 5) is 21.5. The zero-order chi connectivity index (χ0) is 17.1. The molecule has 0 aliphatic rings. The van der Waals surface area contributed by atoms with Crippen LogP contribution in [-0.2, 0) is 14.8 Å². The van der Waals surface area contributed by atoms with E-state index in [2.05, 4.69) is 4.72 Å². The van der Waals surface area contributed by atoms with Crippen molar-refractivity contribution in [1.82, 2.24) is 4.72 Å². The van der Waals surface area contributed by atoms with Crippen molar-refractivity contribution in [3.05, 3.63) is 33.9 Å². The first kappa shape index (κ1) is 18.1. The van der Waals surface area contributed by atoms with E-state index < -0.39 is 26.9 Å². The third kappa shape index (κ3) is 3.80. The van der Waals surface area contributed by atoms with Gasteiger partial charge < -0.3 is 5.73 Å². The summed E-state index contributed by atoms with van der Waals surface area (Å²) in [6.45, 7) is 4.83. The van der Waals surface area contributed by atoms with Gasteiger partial charge in [0.15, 0.2) is 0 Å². The monoisotopic (exact) mass is 329 g/mol. The quantitative estimate of drug-likeness (QED) is 0.570. The van der Waals surface area contributed by atoms with E-state index >= 15 is 0 Å². The molecule has 8 nitrogen and oxygen atoms in total. The number of benzene rings is 1. The average molecular weight is 329 g/mol. The number of hydrogen-bond donors (Lipinski definition) is 2. The minimum atomic E-state index is -4.10. The van der Waals surface area contributed by atoms with Crippen molar-refractivity contribution in [3.63, 3.8) is 0 Å². The number of amides is 1. The summed E-state index contributed by atoms with van der Waals surface area (Å²) in [5, 5.41) is 10.9. The molecule has 2 atom stereocenters. The maximum Gasteiger partial charge on any atom is 0.273 e. The van der Waals surface area contributed by atoms with Crippen LogP contribution in [0.25, 0.3) is 0 Å². The summed E-state index contributed by atoms with van der Waals surface area (Å²) in [5.41, 5.74) is 4.94. The van der Waals surface area contributed by atoms with E-state index in [1.165, 1.54) is 25.1 Å². The SMILES string of the molecule is CCC(C)C(NS(=O)(=O)c1cccc([N+](=O)[O-])c1C)C(N)=O. The van der Waals surface area contributed by atoms with Crippen LogP contribution < -0.4 is 10.5 Å². The van der Waals surface area contributed by atoms with Gasteiger partial charge in [-0.05, 0) is 18.9 Å². The fourth-order valence-corrected chi connectivity index (χ4v) is 3.59. The minimum Gasteiger partial charge on any atom is -0.368 e. The number of nitrogens with one attached hydrogen (secondary N) is 1. The molecule has 3 N–H and O–H groups in total. The highest BCUT2D eigenvalue weighted by Crippen LogP contribution is 2.25. The van der Waals surface area contributed by atoms with Gasteiger partial charge in [0.1, 0.15) is 6.04 Å². The van der Waals surface area contributed by atoms with Crippen molar-refractivity contribution in [1.29, 1.82) is 0 Å². The molecule has 1 amide bonds. The summed E-state index contributed by atoms with van der Waals surface area (Å²) in [6.07, 6.45) is 0.546. The van der Waals surface area contributed by atoms with Crippen LogP contribution >= 0.6 is 0 Å². The van der Waals surface area contributed by atoms with Crippen LogP contribution in [0.2, 0.25) is 0 Å². The molecule has 22 heavy (non-hydrogen) atoms. The van der Waals surface area contributed by atoms with Crippen LogP contribution in [0.3, 0.4) is 0 Å². The molecule has 0 aliphatic heterocycles. The predicted octanol–water partition coefficient (Wildman–Crippen LogP) is 1.08. The smallest absolute Gasteiger partial charge is 0.273 e. The Hall–Kier alpha value is -2.00. The lowest BCUT2D eigenvalue weighted by Gasteiger charge is -2.21. The van der Waals surface area contributed by atoms with Gasteiger partial charge in [-0.2, -0.15) is 4.72 Å². The van der Waals surface area contributed by atoms with E-state index in [1.807, 2.05) is 0 Å². The van der Waals surface area contributed by atoms with Gasteiger partial charge in [-0.25, -0.2) is 8.42 Å². The van der Waals surface area contributed by atoms with Gasteiger partial charge in [0.25, 0.3) is 5.69 Å². The first-order valence-corrected chi connectivity index (χ1v) is 8.15. The Balaban J connectivity index is 3.28. The molecule has 9 heteroatoms. The molecular weight excluding hydrogens is 310 g/mol. The van der Waals surface area contributed by atoms with Gasteiger partial charge in [-0.15, -0.1) is 0 Å². The Bertz CT molecular complexity index is 687. The Kier molecular flexibility index (Phi) is 5.61. The molecule has 0 aliphatic carbocycles. The van der Waals surface area contributed by atoms with Gasteiger partial charge in [-0.1, -0.05) is 26.3 Å². The molecule has 1 aromatic carbocycles. The van der Waals surface area contributed by atoms with Crippen LogP contribution in [0.1, 0.15) is 25.8 Å². The van der Waals surface area contributed by atoms with E-state index in [0.717, 1.165) is 0 Å². The van der Waals surface area contributed by atoms with Crippen molar-refractivity contribution in [2.75, 3.05) is 0 Å². The predicted molar refractivity (Wildman–Crippen MR) is 80.6 cm³/mol. The number of hydrogen-bond acceptors (Lipinski definition) is 5. The Morgan fingerprint density at radius 2 is 2.05 bits per heavy atom. The zero-order valence-electron chi connectivity index (χ0n) is 12.6. The Labute approximate surface area is 128 Å². The molecule has 0 spiro atoms. The molecule has 1 aromatic rings. The highest BCUT2D eigenvalue weighted by atomic mass is 32.2. The zero-order valence-corrected chi connectivity index (χ0v) is 13.4. The van der Waals surface area contributed by atoms with Crippen molar-refractivity contribution in [2.45, 2.75) is 38.1 Å². The number of nitrogens with two attached hydrogens (primary N) is 1. The lowest BCUT2D eigenvalue weighted by atomic mass is 10.00. The molecule has 1 rings (SSSR count). The number of nitro benzene ring substituents is 1. The highest BCUT2D eigenvalue weighted by Gasteiger charge is 2.30. The molecule has 0 aromatic heterocycles. The lowest BCUT2D eigenvalue weighted by molar-refractivity contribution is -0.385. The number of primary amides is 1. The van der Waals surface area contributed by atoms with Crippen molar-refractivity contribution >= 4 is 21.6 Å². The third-order valence-electron chi connectivity index (χ3n) is 3.54. The molecular formula is C13H19N3O5S. The summed E-state index contributed by atoms with van der Waals surface area (Å²) in [6, 6.07) is 2.67. The second-order valence-corrected chi connectivity index (χ2v) is 6.73. The van der Waals surface area contributed by atoms with Gasteiger partial charge in [-0.3, -0.25) is 14.9 Å². The van der Waals surface area contributed by atoms with Gasteiger partial charge in [0.05, 0.1) is 9.82 Å². The molecule has 0 heterocycles. The normalized spacial score (nSPS) is 14.3. The maximum atomic E-state index is 12.4. The van der Waals surface area contributed by atoms with Gasteiger partial charge >= 0.3 is 0 Å². The number of sulfonamides is 1. The number of carbonyl (C=O) groups excluding carboxylic acids is 1. The van der Waals surface area contributed by atoms with Crippen molar-refractivity contribution in [3.8, 4) is 0 Å². The number of nitro groups is 1. The Morgan fingerprint density at radius 3 is 2.50 bits per heavy atom. The van der Waals surface area contributed by atoms with E-state index in [0.29, 0.717) is 6.42 Å².